The summed E-state index contributed by atoms with van der Waals surface area (Å²) in [6.45, 7) is 5.82. The number of nitrogens with zero attached hydrogens (tertiary/aromatic N) is 2. The quantitative estimate of drug-likeness (QED) is 0.463. The fraction of sp³-hybridized carbons (Fsp3) is 0.645. The van der Waals surface area contributed by atoms with E-state index in [9.17, 15) is 14.4 Å². The van der Waals surface area contributed by atoms with Gasteiger partial charge in [-0.1, -0.05) is 49.9 Å². The first-order chi connectivity index (χ1) is 19.4. The predicted molar refractivity (Wildman–Crippen MR) is 154 cm³/mol. The molecule has 3 amide bonds. The third-order valence-electron chi connectivity index (χ3n) is 9.74. The maximum Gasteiger partial charge on any atom is 0.246 e. The molecule has 0 radical (unpaired) electrons. The third kappa shape index (κ3) is 5.19. The molecule has 3 saturated heterocycles. The second kappa shape index (κ2) is 11.5. The standard InChI is InChI=1S/C31H41ClN4O4/c1-20-13-18-35(19-14-20)16-5-17-36-27(29(38)34-22-6-3-2-4-7-22)31-15-12-24(40-31)25(26(31)30(36)39)28(37)33-23-10-8-21(32)9-11-23/h8-12,15,20,22,24-27H,2-7,13-14,16-19H2,1H3,(H,33,37)(H,34,38)/t24-,25-,26-,27-,31-/m0/s1. The Hall–Kier alpha value is -2.42. The molecule has 4 heterocycles. The number of amides is 3. The van der Waals surface area contributed by atoms with E-state index in [4.69, 9.17) is 16.3 Å². The van der Waals surface area contributed by atoms with Crippen molar-refractivity contribution in [2.24, 2.45) is 17.8 Å². The minimum atomic E-state index is -1.12. The van der Waals surface area contributed by atoms with Gasteiger partial charge in [0.1, 0.15) is 11.6 Å². The first-order valence-electron chi connectivity index (χ1n) is 15.1. The molecule has 40 heavy (non-hydrogen) atoms. The molecule has 1 spiro atoms. The lowest BCUT2D eigenvalue weighted by molar-refractivity contribution is -0.141. The summed E-state index contributed by atoms with van der Waals surface area (Å²) in [5, 5.41) is 6.80. The van der Waals surface area contributed by atoms with Gasteiger partial charge in [0.2, 0.25) is 17.7 Å². The van der Waals surface area contributed by atoms with Gasteiger partial charge in [-0.15, -0.1) is 0 Å². The average Bonchev–Trinajstić information content (AvgIpc) is 3.59. The molecule has 216 valence electrons. The van der Waals surface area contributed by atoms with E-state index in [-0.39, 0.29) is 23.8 Å². The van der Waals surface area contributed by atoms with Crippen molar-refractivity contribution in [3.05, 3.63) is 41.4 Å². The summed E-state index contributed by atoms with van der Waals surface area (Å²) >= 11 is 6.01. The van der Waals surface area contributed by atoms with Gasteiger partial charge in [0, 0.05) is 23.3 Å². The first-order valence-corrected chi connectivity index (χ1v) is 15.5. The number of ether oxygens (including phenoxy) is 1. The molecule has 1 saturated carbocycles. The molecule has 0 aromatic heterocycles. The Morgan fingerprint density at radius 2 is 1.75 bits per heavy atom. The number of fused-ring (bicyclic) bond motifs is 1. The number of carbonyl (C=O) groups excluding carboxylic acids is 3. The van der Waals surface area contributed by atoms with Crippen LogP contribution in [0.4, 0.5) is 5.69 Å². The van der Waals surface area contributed by atoms with Gasteiger partial charge in [-0.25, -0.2) is 0 Å². The Kier molecular flexibility index (Phi) is 7.94. The number of piperidine rings is 1. The smallest absolute Gasteiger partial charge is 0.246 e. The Morgan fingerprint density at radius 3 is 2.48 bits per heavy atom. The van der Waals surface area contributed by atoms with Crippen LogP contribution in [0.5, 0.6) is 0 Å². The van der Waals surface area contributed by atoms with Crippen LogP contribution in [0.2, 0.25) is 5.02 Å². The van der Waals surface area contributed by atoms with Gasteiger partial charge in [0.05, 0.1) is 17.9 Å². The minimum Gasteiger partial charge on any atom is -0.359 e. The Balaban J connectivity index is 1.22. The summed E-state index contributed by atoms with van der Waals surface area (Å²) in [6, 6.07) is 6.26. The van der Waals surface area contributed by atoms with E-state index in [0.717, 1.165) is 57.7 Å². The van der Waals surface area contributed by atoms with E-state index in [1.807, 2.05) is 12.2 Å². The zero-order valence-corrected chi connectivity index (χ0v) is 24.1. The van der Waals surface area contributed by atoms with Crippen LogP contribution in [-0.4, -0.2) is 77.5 Å². The molecule has 1 aliphatic carbocycles. The van der Waals surface area contributed by atoms with Gasteiger partial charge in [-0.05, 0) is 81.9 Å². The zero-order chi connectivity index (χ0) is 27.9. The molecule has 6 rings (SSSR count). The van der Waals surface area contributed by atoms with Crippen molar-refractivity contribution in [2.45, 2.75) is 82.1 Å². The van der Waals surface area contributed by atoms with E-state index in [1.165, 1.54) is 19.3 Å². The molecule has 4 fully saturated rings. The largest absolute Gasteiger partial charge is 0.359 e. The summed E-state index contributed by atoms with van der Waals surface area (Å²) < 4.78 is 6.48. The van der Waals surface area contributed by atoms with Crippen molar-refractivity contribution in [1.29, 1.82) is 0 Å². The van der Waals surface area contributed by atoms with Crippen LogP contribution in [-0.2, 0) is 19.1 Å². The van der Waals surface area contributed by atoms with Gasteiger partial charge in [-0.3, -0.25) is 14.4 Å². The van der Waals surface area contributed by atoms with Gasteiger partial charge in [0.25, 0.3) is 0 Å². The lowest BCUT2D eigenvalue weighted by Gasteiger charge is -2.35. The summed E-state index contributed by atoms with van der Waals surface area (Å²) in [5.74, 6) is -1.25. The number of anilines is 1. The number of likely N-dealkylation sites (tertiary alicyclic amines) is 2. The number of carbonyl (C=O) groups is 3. The Morgan fingerprint density at radius 1 is 1.02 bits per heavy atom. The molecule has 5 aliphatic rings. The predicted octanol–water partition coefficient (Wildman–Crippen LogP) is 4.00. The SMILES string of the molecule is CC1CCN(CCCN2C(=O)[C@@H]3[C@@H](C(=O)Nc4ccc(Cl)cc4)[C@@H]4C=C[C@@]3(O4)[C@@H]2C(=O)NC2CCCCC2)CC1. The van der Waals surface area contributed by atoms with Crippen LogP contribution in [0.3, 0.4) is 0 Å². The number of rotatable bonds is 8. The minimum absolute atomic E-state index is 0.121. The van der Waals surface area contributed by atoms with Gasteiger partial charge in [0.15, 0.2) is 0 Å². The van der Waals surface area contributed by atoms with Crippen LogP contribution in [0, 0.1) is 17.8 Å². The first kappa shape index (κ1) is 27.7. The average molecular weight is 569 g/mol. The van der Waals surface area contributed by atoms with E-state index < -0.39 is 29.6 Å². The normalized spacial score (nSPS) is 32.5. The maximum absolute atomic E-state index is 14.1. The zero-order valence-electron chi connectivity index (χ0n) is 23.3. The van der Waals surface area contributed by atoms with E-state index >= 15 is 0 Å². The summed E-state index contributed by atoms with van der Waals surface area (Å²) in [6.07, 6.45) is 11.7. The number of halogens is 1. The highest BCUT2D eigenvalue weighted by atomic mass is 35.5. The molecule has 2 N–H and O–H groups in total. The summed E-state index contributed by atoms with van der Waals surface area (Å²) in [4.78, 5) is 45.9. The monoisotopic (exact) mass is 568 g/mol. The third-order valence-corrected chi connectivity index (χ3v) is 9.99. The molecule has 1 aromatic rings. The Labute approximate surface area is 241 Å². The molecule has 8 nitrogen and oxygen atoms in total. The molecule has 4 aliphatic heterocycles. The van der Waals surface area contributed by atoms with Crippen LogP contribution < -0.4 is 10.6 Å². The van der Waals surface area contributed by atoms with Crippen molar-refractivity contribution in [3.63, 3.8) is 0 Å². The summed E-state index contributed by atoms with van der Waals surface area (Å²) in [5.41, 5.74) is -0.511. The summed E-state index contributed by atoms with van der Waals surface area (Å²) in [7, 11) is 0. The molecule has 5 atom stereocenters. The van der Waals surface area contributed by atoms with Crippen LogP contribution in [0.15, 0.2) is 36.4 Å². The van der Waals surface area contributed by atoms with Crippen molar-refractivity contribution in [3.8, 4) is 0 Å². The Bertz CT molecular complexity index is 1140. The second-order valence-electron chi connectivity index (χ2n) is 12.5. The van der Waals surface area contributed by atoms with Crippen molar-refractivity contribution in [1.82, 2.24) is 15.1 Å². The number of benzene rings is 1. The van der Waals surface area contributed by atoms with E-state index in [0.29, 0.717) is 17.3 Å². The van der Waals surface area contributed by atoms with Crippen molar-refractivity contribution >= 4 is 35.0 Å². The van der Waals surface area contributed by atoms with Gasteiger partial charge in [-0.2, -0.15) is 0 Å². The highest BCUT2D eigenvalue weighted by molar-refractivity contribution is 6.30. The van der Waals surface area contributed by atoms with Crippen molar-refractivity contribution in [2.75, 3.05) is 31.5 Å². The van der Waals surface area contributed by atoms with E-state index in [1.54, 1.807) is 29.2 Å². The molecule has 1 aromatic carbocycles. The fourth-order valence-corrected chi connectivity index (χ4v) is 7.67. The van der Waals surface area contributed by atoms with Crippen molar-refractivity contribution < 1.29 is 19.1 Å². The highest BCUT2D eigenvalue weighted by Crippen LogP contribution is 2.55. The topological polar surface area (TPSA) is 91.0 Å². The van der Waals surface area contributed by atoms with Crippen LogP contribution in [0.1, 0.15) is 58.3 Å². The molecule has 2 bridgehead atoms. The van der Waals surface area contributed by atoms with Crippen LogP contribution in [0.25, 0.3) is 0 Å². The fourth-order valence-electron chi connectivity index (χ4n) is 7.54. The molecular formula is C31H41ClN4O4. The molecule has 9 heteroatoms. The number of nitrogens with one attached hydrogen (secondary N) is 2. The maximum atomic E-state index is 14.1. The molecule has 0 unspecified atom stereocenters. The second-order valence-corrected chi connectivity index (χ2v) is 12.9. The number of hydrogen-bond acceptors (Lipinski definition) is 5. The molecular weight excluding hydrogens is 528 g/mol. The van der Waals surface area contributed by atoms with Crippen LogP contribution >= 0.6 is 11.6 Å². The highest BCUT2D eigenvalue weighted by Gasteiger charge is 2.72. The lowest BCUT2D eigenvalue weighted by Crippen LogP contribution is -2.56. The van der Waals surface area contributed by atoms with Gasteiger partial charge >= 0.3 is 0 Å². The lowest BCUT2D eigenvalue weighted by atomic mass is 9.74. The number of hydrogen-bond donors (Lipinski definition) is 2. The van der Waals surface area contributed by atoms with E-state index in [2.05, 4.69) is 22.5 Å². The van der Waals surface area contributed by atoms with Gasteiger partial charge < -0.3 is 25.2 Å².